The van der Waals surface area contributed by atoms with E-state index < -0.39 is 0 Å². The van der Waals surface area contributed by atoms with E-state index in [0.29, 0.717) is 16.6 Å². The van der Waals surface area contributed by atoms with Crippen LogP contribution in [0.3, 0.4) is 0 Å². The Morgan fingerprint density at radius 1 is 1.42 bits per heavy atom. The Morgan fingerprint density at radius 2 is 2.26 bits per heavy atom. The fourth-order valence-corrected chi connectivity index (χ4v) is 3.10. The molecule has 1 saturated carbocycles. The molecule has 19 heavy (non-hydrogen) atoms. The third kappa shape index (κ3) is 2.19. The van der Waals surface area contributed by atoms with Crippen molar-refractivity contribution in [2.45, 2.75) is 31.7 Å². The van der Waals surface area contributed by atoms with E-state index in [0.717, 1.165) is 19.3 Å². The zero-order valence-electron chi connectivity index (χ0n) is 10.7. The summed E-state index contributed by atoms with van der Waals surface area (Å²) in [5, 5.41) is 2.27. The van der Waals surface area contributed by atoms with Gasteiger partial charge in [0.1, 0.15) is 10.9 Å². The number of fused-ring (bicyclic) bond motifs is 1. The second-order valence-corrected chi connectivity index (χ2v) is 5.25. The molecule has 0 saturated heterocycles. The number of benzene rings is 1. The second-order valence-electron chi connectivity index (χ2n) is 4.90. The lowest BCUT2D eigenvalue weighted by atomic mass is 9.92. The maximum absolute atomic E-state index is 14.1. The Morgan fingerprint density at radius 3 is 2.95 bits per heavy atom. The maximum atomic E-state index is 14.1. The van der Waals surface area contributed by atoms with Crippen LogP contribution in [0.1, 0.15) is 25.7 Å². The highest BCUT2D eigenvalue weighted by Gasteiger charge is 2.33. The fraction of sp³-hybridized carbons (Fsp3) is 0.429. The zero-order chi connectivity index (χ0) is 13.4. The molecule has 1 aromatic carbocycles. The number of ether oxygens (including phenoxy) is 1. The van der Waals surface area contributed by atoms with Gasteiger partial charge in [0.25, 0.3) is 0 Å². The van der Waals surface area contributed by atoms with E-state index in [1.54, 1.807) is 17.1 Å². The molecule has 1 N–H and O–H groups in total. The van der Waals surface area contributed by atoms with Gasteiger partial charge in [0.05, 0.1) is 18.8 Å². The second kappa shape index (κ2) is 5.02. The van der Waals surface area contributed by atoms with Crippen LogP contribution in [0.5, 0.6) is 5.75 Å². The Bertz CT molecular complexity index is 532. The van der Waals surface area contributed by atoms with Gasteiger partial charge in [0.15, 0.2) is 5.82 Å². The lowest BCUT2D eigenvalue weighted by molar-refractivity contribution is 0.411. The Kier molecular flexibility index (Phi) is 3.37. The van der Waals surface area contributed by atoms with Crippen LogP contribution in [0, 0.1) is 5.82 Å². The molecule has 0 bridgehead atoms. The predicted octanol–water partition coefficient (Wildman–Crippen LogP) is 3.55. The van der Waals surface area contributed by atoms with Gasteiger partial charge in [-0.15, -0.1) is 0 Å². The van der Waals surface area contributed by atoms with Crippen molar-refractivity contribution in [3.05, 3.63) is 34.7 Å². The van der Waals surface area contributed by atoms with E-state index >= 15 is 0 Å². The first-order valence-electron chi connectivity index (χ1n) is 6.49. The number of rotatable bonds is 2. The standard InChI is InChI=1S/C14H16ClFN2O/c1-19-9-6-7-13(11(16)8-9)18-14(15)10-4-2-3-5-12(10)17-18/h6-8,12,17H,2-5H2,1H3. The zero-order valence-corrected chi connectivity index (χ0v) is 11.5. The largest absolute Gasteiger partial charge is 0.497 e. The Balaban J connectivity index is 1.93. The van der Waals surface area contributed by atoms with Crippen LogP contribution in [-0.4, -0.2) is 13.2 Å². The molecule has 3 rings (SSSR count). The Labute approximate surface area is 117 Å². The van der Waals surface area contributed by atoms with Crippen LogP contribution in [0.15, 0.2) is 28.9 Å². The minimum absolute atomic E-state index is 0.253. The summed E-state index contributed by atoms with van der Waals surface area (Å²) in [7, 11) is 1.52. The molecule has 1 heterocycles. The minimum Gasteiger partial charge on any atom is -0.497 e. The van der Waals surface area contributed by atoms with Gasteiger partial charge in [0.2, 0.25) is 0 Å². The lowest BCUT2D eigenvalue weighted by Gasteiger charge is -2.23. The van der Waals surface area contributed by atoms with Crippen molar-refractivity contribution in [1.82, 2.24) is 5.43 Å². The summed E-state index contributed by atoms with van der Waals surface area (Å²) in [5.41, 5.74) is 4.92. The van der Waals surface area contributed by atoms with Gasteiger partial charge in [-0.05, 0) is 37.0 Å². The minimum atomic E-state index is -0.343. The molecule has 2 aliphatic rings. The van der Waals surface area contributed by atoms with Gasteiger partial charge in [-0.25, -0.2) is 9.82 Å². The topological polar surface area (TPSA) is 24.5 Å². The summed E-state index contributed by atoms with van der Waals surface area (Å²) in [6.45, 7) is 0. The van der Waals surface area contributed by atoms with Crippen LogP contribution in [-0.2, 0) is 0 Å². The van der Waals surface area contributed by atoms with Crippen molar-refractivity contribution < 1.29 is 9.13 Å². The maximum Gasteiger partial charge on any atom is 0.152 e. The number of nitrogens with zero attached hydrogens (tertiary/aromatic N) is 1. The number of nitrogens with one attached hydrogen (secondary N) is 1. The molecule has 1 unspecified atom stereocenters. The van der Waals surface area contributed by atoms with Crippen molar-refractivity contribution in [2.75, 3.05) is 12.1 Å². The van der Waals surface area contributed by atoms with Crippen LogP contribution in [0.2, 0.25) is 0 Å². The molecular weight excluding hydrogens is 267 g/mol. The van der Waals surface area contributed by atoms with E-state index in [-0.39, 0.29) is 11.9 Å². The van der Waals surface area contributed by atoms with Gasteiger partial charge in [-0.3, -0.25) is 5.01 Å². The normalized spacial score (nSPS) is 22.7. The van der Waals surface area contributed by atoms with E-state index in [4.69, 9.17) is 16.3 Å². The summed E-state index contributed by atoms with van der Waals surface area (Å²) >= 11 is 6.38. The molecule has 1 aliphatic carbocycles. The highest BCUT2D eigenvalue weighted by atomic mass is 35.5. The van der Waals surface area contributed by atoms with Crippen molar-refractivity contribution in [1.29, 1.82) is 0 Å². The molecule has 1 aromatic rings. The first kappa shape index (κ1) is 12.8. The van der Waals surface area contributed by atoms with E-state index in [9.17, 15) is 4.39 Å². The number of hydrogen-bond acceptors (Lipinski definition) is 3. The molecule has 1 atom stereocenters. The number of methoxy groups -OCH3 is 1. The van der Waals surface area contributed by atoms with Gasteiger partial charge in [-0.2, -0.15) is 0 Å². The van der Waals surface area contributed by atoms with Crippen molar-refractivity contribution in [3.63, 3.8) is 0 Å². The monoisotopic (exact) mass is 282 g/mol. The highest BCUT2D eigenvalue weighted by Crippen LogP contribution is 2.38. The first-order valence-corrected chi connectivity index (χ1v) is 6.87. The quantitative estimate of drug-likeness (QED) is 0.840. The summed E-state index contributed by atoms with van der Waals surface area (Å²) in [6.07, 6.45) is 4.39. The number of hydrazine groups is 1. The summed E-state index contributed by atoms with van der Waals surface area (Å²) in [4.78, 5) is 0. The summed E-state index contributed by atoms with van der Waals surface area (Å²) in [5.74, 6) is 0.158. The van der Waals surface area contributed by atoms with E-state index in [1.807, 2.05) is 0 Å². The third-order valence-electron chi connectivity index (χ3n) is 3.75. The molecule has 5 heteroatoms. The van der Waals surface area contributed by atoms with Crippen molar-refractivity contribution in [2.24, 2.45) is 0 Å². The van der Waals surface area contributed by atoms with Crippen LogP contribution >= 0.6 is 11.6 Å². The van der Waals surface area contributed by atoms with Gasteiger partial charge >= 0.3 is 0 Å². The van der Waals surface area contributed by atoms with Crippen LogP contribution < -0.4 is 15.2 Å². The average Bonchev–Trinajstić information content (AvgIpc) is 2.76. The molecule has 102 valence electrons. The van der Waals surface area contributed by atoms with Gasteiger partial charge in [-0.1, -0.05) is 18.0 Å². The van der Waals surface area contributed by atoms with Crippen molar-refractivity contribution in [3.8, 4) is 5.75 Å². The molecule has 1 aliphatic heterocycles. The smallest absolute Gasteiger partial charge is 0.152 e. The molecule has 1 fully saturated rings. The molecule has 0 amide bonds. The van der Waals surface area contributed by atoms with Crippen LogP contribution in [0.4, 0.5) is 10.1 Å². The number of anilines is 1. The number of halogens is 2. The van der Waals surface area contributed by atoms with E-state index in [2.05, 4.69) is 5.43 Å². The fourth-order valence-electron chi connectivity index (χ4n) is 2.73. The number of hydrogen-bond donors (Lipinski definition) is 1. The molecule has 0 spiro atoms. The first-order chi connectivity index (χ1) is 9.20. The molecule has 0 radical (unpaired) electrons. The van der Waals surface area contributed by atoms with Crippen LogP contribution in [0.25, 0.3) is 0 Å². The molecular formula is C14H16ClFN2O. The average molecular weight is 283 g/mol. The van der Waals surface area contributed by atoms with Gasteiger partial charge < -0.3 is 4.74 Å². The summed E-state index contributed by atoms with van der Waals surface area (Å²) in [6, 6.07) is 5.04. The predicted molar refractivity (Wildman–Crippen MR) is 73.7 cm³/mol. The summed E-state index contributed by atoms with van der Waals surface area (Å²) < 4.78 is 19.1. The van der Waals surface area contributed by atoms with Gasteiger partial charge in [0, 0.05) is 6.07 Å². The molecule has 3 nitrogen and oxygen atoms in total. The third-order valence-corrected chi connectivity index (χ3v) is 4.16. The lowest BCUT2D eigenvalue weighted by Crippen LogP contribution is -2.38. The van der Waals surface area contributed by atoms with Crippen molar-refractivity contribution >= 4 is 17.3 Å². The highest BCUT2D eigenvalue weighted by molar-refractivity contribution is 6.31. The Hall–Kier alpha value is -1.26. The molecule has 0 aromatic heterocycles. The SMILES string of the molecule is COc1ccc(N2NC3CCCCC3=C2Cl)c(F)c1. The van der Waals surface area contributed by atoms with E-state index in [1.165, 1.54) is 25.2 Å².